The second kappa shape index (κ2) is 5.44. The molecule has 0 spiro atoms. The molecule has 1 aromatic heterocycles. The van der Waals surface area contributed by atoms with Gasteiger partial charge in [0.1, 0.15) is 11.3 Å². The topological polar surface area (TPSA) is 76.7 Å². The lowest BCUT2D eigenvalue weighted by atomic mass is 9.99. The summed E-state index contributed by atoms with van der Waals surface area (Å²) in [7, 11) is 0. The average molecular weight is 288 g/mol. The molecule has 0 saturated heterocycles. The molecule has 0 saturated carbocycles. The zero-order chi connectivity index (χ0) is 15.7. The molecule has 0 radical (unpaired) electrons. The van der Waals surface area contributed by atoms with Gasteiger partial charge in [0.2, 0.25) is 0 Å². The van der Waals surface area contributed by atoms with Gasteiger partial charge in [-0.2, -0.15) is 0 Å². The Morgan fingerprint density at radius 2 is 1.86 bits per heavy atom. The lowest BCUT2D eigenvalue weighted by molar-refractivity contribution is -0.133. The van der Waals surface area contributed by atoms with E-state index < -0.39 is 11.9 Å². The molecular weight excluding hydrogens is 272 g/mol. The zero-order valence-corrected chi connectivity index (χ0v) is 12.3. The predicted octanol–water partition coefficient (Wildman–Crippen LogP) is 3.54. The van der Waals surface area contributed by atoms with Crippen LogP contribution in [0.1, 0.15) is 31.9 Å². The highest BCUT2D eigenvalue weighted by Gasteiger charge is 2.16. The summed E-state index contributed by atoms with van der Waals surface area (Å²) >= 11 is 0. The maximum atomic E-state index is 11.2. The largest absolute Gasteiger partial charge is 0.478 e. The Bertz CT molecular complexity index is 764. The summed E-state index contributed by atoms with van der Waals surface area (Å²) in [6.07, 6.45) is 1.61. The molecule has 0 bridgehead atoms. The van der Waals surface area contributed by atoms with Gasteiger partial charge in [-0.1, -0.05) is 0 Å². The number of ether oxygens (including phenoxy) is 1. The van der Waals surface area contributed by atoms with Gasteiger partial charge < -0.3 is 14.3 Å². The van der Waals surface area contributed by atoms with Crippen LogP contribution in [0.5, 0.6) is 5.75 Å². The molecule has 1 N–H and O–H groups in total. The first-order valence-electron chi connectivity index (χ1n) is 6.42. The lowest BCUT2D eigenvalue weighted by Gasteiger charge is -2.11. The van der Waals surface area contributed by atoms with Crippen LogP contribution in [0.2, 0.25) is 0 Å². The molecule has 0 atom stereocenters. The molecule has 2 rings (SSSR count). The Morgan fingerprint density at radius 1 is 1.19 bits per heavy atom. The van der Waals surface area contributed by atoms with Crippen molar-refractivity contribution < 1.29 is 23.8 Å². The smallest absolute Gasteiger partial charge is 0.331 e. The molecule has 0 aliphatic heterocycles. The highest BCUT2D eigenvalue weighted by molar-refractivity contribution is 5.98. The highest BCUT2D eigenvalue weighted by atomic mass is 16.5. The minimum absolute atomic E-state index is 0.198. The molecule has 0 fully saturated rings. The SMILES string of the molecule is CC(=O)Oc1cc2occ(C)c2cc1/C(C)=C(\C)C(=O)O. The van der Waals surface area contributed by atoms with Gasteiger partial charge >= 0.3 is 11.9 Å². The summed E-state index contributed by atoms with van der Waals surface area (Å²) in [4.78, 5) is 22.4. The number of hydrogen-bond acceptors (Lipinski definition) is 4. The van der Waals surface area contributed by atoms with Gasteiger partial charge in [0.25, 0.3) is 0 Å². The van der Waals surface area contributed by atoms with E-state index >= 15 is 0 Å². The maximum absolute atomic E-state index is 11.2. The van der Waals surface area contributed by atoms with Crippen molar-refractivity contribution >= 4 is 28.5 Å². The number of hydrogen-bond donors (Lipinski definition) is 1. The van der Waals surface area contributed by atoms with Crippen molar-refractivity contribution in [2.45, 2.75) is 27.7 Å². The molecule has 0 aliphatic rings. The van der Waals surface area contributed by atoms with E-state index in [4.69, 9.17) is 14.3 Å². The van der Waals surface area contributed by atoms with Crippen LogP contribution in [0.3, 0.4) is 0 Å². The number of allylic oxidation sites excluding steroid dienone is 1. The van der Waals surface area contributed by atoms with Gasteiger partial charge in [-0.05, 0) is 38.0 Å². The van der Waals surface area contributed by atoms with Crippen LogP contribution in [-0.2, 0) is 9.59 Å². The number of rotatable bonds is 3. The van der Waals surface area contributed by atoms with Crippen molar-refractivity contribution in [3.63, 3.8) is 0 Å². The fourth-order valence-corrected chi connectivity index (χ4v) is 2.08. The summed E-state index contributed by atoms with van der Waals surface area (Å²) in [5.41, 5.74) is 2.84. The first kappa shape index (κ1) is 14.8. The van der Waals surface area contributed by atoms with Crippen LogP contribution >= 0.6 is 0 Å². The molecule has 5 nitrogen and oxygen atoms in total. The monoisotopic (exact) mass is 288 g/mol. The van der Waals surface area contributed by atoms with E-state index in [0.29, 0.717) is 22.5 Å². The predicted molar refractivity (Wildman–Crippen MR) is 78.2 cm³/mol. The third-order valence-electron chi connectivity index (χ3n) is 3.41. The second-order valence-electron chi connectivity index (χ2n) is 4.91. The molecule has 21 heavy (non-hydrogen) atoms. The third-order valence-corrected chi connectivity index (χ3v) is 3.41. The number of furan rings is 1. The minimum Gasteiger partial charge on any atom is -0.478 e. The van der Waals surface area contributed by atoms with Crippen molar-refractivity contribution in [3.05, 3.63) is 35.1 Å². The van der Waals surface area contributed by atoms with E-state index in [0.717, 1.165) is 10.9 Å². The van der Waals surface area contributed by atoms with Crippen molar-refractivity contribution in [2.24, 2.45) is 0 Å². The van der Waals surface area contributed by atoms with Crippen LogP contribution in [0.15, 0.2) is 28.4 Å². The van der Waals surface area contributed by atoms with E-state index in [2.05, 4.69) is 0 Å². The fraction of sp³-hybridized carbons (Fsp3) is 0.250. The number of esters is 1. The van der Waals surface area contributed by atoms with E-state index in [-0.39, 0.29) is 5.57 Å². The first-order valence-corrected chi connectivity index (χ1v) is 6.42. The Balaban J connectivity index is 2.74. The van der Waals surface area contributed by atoms with Gasteiger partial charge in [-0.25, -0.2) is 4.79 Å². The molecular formula is C16H16O5. The molecule has 0 unspecified atom stereocenters. The van der Waals surface area contributed by atoms with Crippen molar-refractivity contribution in [1.82, 2.24) is 0 Å². The van der Waals surface area contributed by atoms with E-state index in [1.807, 2.05) is 6.92 Å². The summed E-state index contributed by atoms with van der Waals surface area (Å²) in [5.74, 6) is -1.19. The van der Waals surface area contributed by atoms with Crippen LogP contribution in [0, 0.1) is 6.92 Å². The van der Waals surface area contributed by atoms with Gasteiger partial charge in [-0.15, -0.1) is 0 Å². The van der Waals surface area contributed by atoms with Gasteiger partial charge in [-0.3, -0.25) is 4.79 Å². The van der Waals surface area contributed by atoms with Gasteiger partial charge in [0, 0.05) is 29.5 Å². The first-order chi connectivity index (χ1) is 9.81. The Morgan fingerprint density at radius 3 is 2.43 bits per heavy atom. The van der Waals surface area contributed by atoms with Crippen LogP contribution in [0.4, 0.5) is 0 Å². The van der Waals surface area contributed by atoms with Crippen molar-refractivity contribution in [1.29, 1.82) is 0 Å². The second-order valence-corrected chi connectivity index (χ2v) is 4.91. The van der Waals surface area contributed by atoms with Crippen LogP contribution in [-0.4, -0.2) is 17.0 Å². The average Bonchev–Trinajstić information content (AvgIpc) is 2.76. The molecule has 5 heteroatoms. The van der Waals surface area contributed by atoms with Crippen molar-refractivity contribution in [2.75, 3.05) is 0 Å². The molecule has 110 valence electrons. The maximum Gasteiger partial charge on any atom is 0.331 e. The molecule has 1 aromatic carbocycles. The number of fused-ring (bicyclic) bond motifs is 1. The number of aryl methyl sites for hydroxylation is 1. The number of aliphatic carboxylic acids is 1. The molecule has 0 aliphatic carbocycles. The molecule has 2 aromatic rings. The van der Waals surface area contributed by atoms with Crippen LogP contribution < -0.4 is 4.74 Å². The standard InChI is InChI=1S/C16H16O5/c1-8-7-20-14-6-15(21-11(4)17)13(5-12(8)14)9(2)10(3)16(18)19/h5-7H,1-4H3,(H,18,19)/b10-9+. The number of carbonyl (C=O) groups excluding carboxylic acids is 1. The third kappa shape index (κ3) is 2.81. The fourth-order valence-electron chi connectivity index (χ4n) is 2.08. The quantitative estimate of drug-likeness (QED) is 0.531. The Labute approximate surface area is 121 Å². The number of benzene rings is 1. The Hall–Kier alpha value is -2.56. The summed E-state index contributed by atoms with van der Waals surface area (Å²) in [6.45, 7) is 6.39. The summed E-state index contributed by atoms with van der Waals surface area (Å²) in [5, 5.41) is 9.99. The van der Waals surface area contributed by atoms with Gasteiger partial charge in [0.05, 0.1) is 6.26 Å². The summed E-state index contributed by atoms with van der Waals surface area (Å²) in [6, 6.07) is 3.39. The molecule has 0 amide bonds. The van der Waals surface area contributed by atoms with Gasteiger partial charge in [0.15, 0.2) is 0 Å². The molecule has 1 heterocycles. The minimum atomic E-state index is -1.01. The van der Waals surface area contributed by atoms with Crippen LogP contribution in [0.25, 0.3) is 16.5 Å². The zero-order valence-electron chi connectivity index (χ0n) is 12.3. The Kier molecular flexibility index (Phi) is 3.84. The number of carboxylic acids is 1. The van der Waals surface area contributed by atoms with Crippen molar-refractivity contribution in [3.8, 4) is 5.75 Å². The van der Waals surface area contributed by atoms with E-state index in [1.165, 1.54) is 13.8 Å². The lowest BCUT2D eigenvalue weighted by Crippen LogP contribution is -2.05. The summed E-state index contributed by atoms with van der Waals surface area (Å²) < 4.78 is 10.6. The number of carbonyl (C=O) groups is 2. The highest BCUT2D eigenvalue weighted by Crippen LogP contribution is 2.34. The van der Waals surface area contributed by atoms with E-state index in [9.17, 15) is 9.59 Å². The number of carboxylic acid groups (broad SMARTS) is 1. The van der Waals surface area contributed by atoms with E-state index in [1.54, 1.807) is 25.3 Å². The normalized spacial score (nSPS) is 12.2.